The SMILES string of the molecule is CCN1CCC[C@@H]1CNC(=O)Cn1ncc2c3oc(C)cc3n(CC)c2c1=O. The number of likely N-dealkylation sites (N-methyl/N-ethyl adjacent to an activating group) is 1. The second kappa shape index (κ2) is 7.43. The number of aromatic nitrogens is 3. The van der Waals surface area contributed by atoms with Crippen LogP contribution in [0.1, 0.15) is 32.4 Å². The lowest BCUT2D eigenvalue weighted by molar-refractivity contribution is -0.122. The molecule has 1 aliphatic heterocycles. The first-order chi connectivity index (χ1) is 13.5. The van der Waals surface area contributed by atoms with Crippen molar-refractivity contribution in [2.24, 2.45) is 0 Å². The monoisotopic (exact) mass is 385 g/mol. The zero-order valence-electron chi connectivity index (χ0n) is 16.7. The maximum Gasteiger partial charge on any atom is 0.291 e. The largest absolute Gasteiger partial charge is 0.459 e. The van der Waals surface area contributed by atoms with E-state index >= 15 is 0 Å². The van der Waals surface area contributed by atoms with E-state index < -0.39 is 0 Å². The van der Waals surface area contributed by atoms with Crippen molar-refractivity contribution in [3.8, 4) is 0 Å². The van der Waals surface area contributed by atoms with Gasteiger partial charge in [-0.05, 0) is 39.8 Å². The van der Waals surface area contributed by atoms with E-state index in [0.29, 0.717) is 35.6 Å². The standard InChI is InChI=1S/C20H27N5O3/c1-4-23-8-6-7-14(23)10-21-17(26)12-25-20(27)18-15(11-22-25)19-16(24(18)5-2)9-13(3)28-19/h9,11,14H,4-8,10,12H2,1-3H3,(H,21,26)/t14-/m1/s1. The molecule has 150 valence electrons. The summed E-state index contributed by atoms with van der Waals surface area (Å²) in [6.45, 7) is 9.26. The van der Waals surface area contributed by atoms with Crippen molar-refractivity contribution in [2.45, 2.75) is 52.7 Å². The van der Waals surface area contributed by atoms with E-state index in [0.717, 1.165) is 30.8 Å². The highest BCUT2D eigenvalue weighted by molar-refractivity contribution is 6.04. The summed E-state index contributed by atoms with van der Waals surface area (Å²) in [6, 6.07) is 2.31. The summed E-state index contributed by atoms with van der Waals surface area (Å²) >= 11 is 0. The van der Waals surface area contributed by atoms with Crippen LogP contribution < -0.4 is 10.9 Å². The molecule has 0 spiro atoms. The highest BCUT2D eigenvalue weighted by atomic mass is 16.3. The van der Waals surface area contributed by atoms with Gasteiger partial charge in [0, 0.05) is 25.2 Å². The van der Waals surface area contributed by atoms with Gasteiger partial charge in [-0.1, -0.05) is 6.92 Å². The Bertz CT molecular complexity index is 1080. The van der Waals surface area contributed by atoms with Crippen molar-refractivity contribution in [1.82, 2.24) is 24.6 Å². The number of furan rings is 1. The van der Waals surface area contributed by atoms with E-state index in [2.05, 4.69) is 22.2 Å². The van der Waals surface area contributed by atoms with Gasteiger partial charge >= 0.3 is 0 Å². The minimum absolute atomic E-state index is 0.0805. The molecule has 1 saturated heterocycles. The van der Waals surface area contributed by atoms with Crippen LogP contribution in [0.15, 0.2) is 21.5 Å². The van der Waals surface area contributed by atoms with Crippen molar-refractivity contribution in [1.29, 1.82) is 0 Å². The lowest BCUT2D eigenvalue weighted by atomic mass is 10.2. The fraction of sp³-hybridized carbons (Fsp3) is 0.550. The van der Waals surface area contributed by atoms with Crippen LogP contribution in [0.5, 0.6) is 0 Å². The molecular weight excluding hydrogens is 358 g/mol. The Hall–Kier alpha value is -2.61. The van der Waals surface area contributed by atoms with Gasteiger partial charge in [0.1, 0.15) is 17.8 Å². The number of rotatable bonds is 6. The zero-order valence-corrected chi connectivity index (χ0v) is 16.7. The maximum atomic E-state index is 13.0. The molecule has 0 saturated carbocycles. The van der Waals surface area contributed by atoms with E-state index in [1.165, 1.54) is 11.1 Å². The number of carbonyl (C=O) groups is 1. The van der Waals surface area contributed by atoms with Gasteiger partial charge in [-0.15, -0.1) is 0 Å². The average molecular weight is 385 g/mol. The number of carbonyl (C=O) groups excluding carboxylic acids is 1. The Morgan fingerprint density at radius 1 is 1.36 bits per heavy atom. The van der Waals surface area contributed by atoms with Crippen molar-refractivity contribution >= 4 is 27.9 Å². The average Bonchev–Trinajstić information content (AvgIpc) is 3.35. The summed E-state index contributed by atoms with van der Waals surface area (Å²) in [5, 5.41) is 7.88. The molecule has 0 aromatic carbocycles. The number of fused-ring (bicyclic) bond motifs is 3. The number of aryl methyl sites for hydroxylation is 2. The molecule has 0 unspecified atom stereocenters. The Kier molecular flexibility index (Phi) is 4.97. The summed E-state index contributed by atoms with van der Waals surface area (Å²) in [5.74, 6) is 0.608. The second-order valence-corrected chi connectivity index (χ2v) is 7.41. The smallest absolute Gasteiger partial charge is 0.291 e. The van der Waals surface area contributed by atoms with Crippen molar-refractivity contribution < 1.29 is 9.21 Å². The van der Waals surface area contributed by atoms with Gasteiger partial charge < -0.3 is 14.3 Å². The number of hydrogen-bond donors (Lipinski definition) is 1. The third-order valence-electron chi connectivity index (χ3n) is 5.71. The van der Waals surface area contributed by atoms with Gasteiger partial charge in [-0.25, -0.2) is 4.68 Å². The van der Waals surface area contributed by atoms with Crippen LogP contribution in [0, 0.1) is 6.92 Å². The topological polar surface area (TPSA) is 85.3 Å². The van der Waals surface area contributed by atoms with Crippen LogP contribution in [0.4, 0.5) is 0 Å². The fourth-order valence-electron chi connectivity index (χ4n) is 4.33. The third-order valence-corrected chi connectivity index (χ3v) is 5.71. The van der Waals surface area contributed by atoms with Crippen molar-refractivity contribution in [2.75, 3.05) is 19.6 Å². The van der Waals surface area contributed by atoms with Gasteiger partial charge in [0.15, 0.2) is 5.58 Å². The molecule has 0 bridgehead atoms. The van der Waals surface area contributed by atoms with Crippen LogP contribution >= 0.6 is 0 Å². The Balaban J connectivity index is 1.56. The number of nitrogens with zero attached hydrogens (tertiary/aromatic N) is 4. The molecule has 4 heterocycles. The van der Waals surface area contributed by atoms with Gasteiger partial charge in [0.25, 0.3) is 5.56 Å². The molecular formula is C20H27N5O3. The quantitative estimate of drug-likeness (QED) is 0.700. The molecule has 3 aromatic rings. The lowest BCUT2D eigenvalue weighted by Gasteiger charge is -2.22. The zero-order chi connectivity index (χ0) is 19.8. The predicted molar refractivity (Wildman–Crippen MR) is 107 cm³/mol. The maximum absolute atomic E-state index is 13.0. The van der Waals surface area contributed by atoms with Gasteiger partial charge in [0.05, 0.1) is 17.1 Å². The summed E-state index contributed by atoms with van der Waals surface area (Å²) in [7, 11) is 0. The Morgan fingerprint density at radius 2 is 2.18 bits per heavy atom. The first kappa shape index (κ1) is 18.7. The van der Waals surface area contributed by atoms with E-state index in [4.69, 9.17) is 4.42 Å². The summed E-state index contributed by atoms with van der Waals surface area (Å²) in [4.78, 5) is 27.8. The predicted octanol–water partition coefficient (Wildman–Crippen LogP) is 1.87. The molecule has 28 heavy (non-hydrogen) atoms. The number of hydrogen-bond acceptors (Lipinski definition) is 5. The van der Waals surface area contributed by atoms with Crippen LogP contribution in [0.2, 0.25) is 0 Å². The molecule has 1 N–H and O–H groups in total. The lowest BCUT2D eigenvalue weighted by Crippen LogP contribution is -2.42. The van der Waals surface area contributed by atoms with Crippen LogP contribution in [-0.4, -0.2) is 50.8 Å². The highest BCUT2D eigenvalue weighted by Crippen LogP contribution is 2.29. The van der Waals surface area contributed by atoms with E-state index in [9.17, 15) is 9.59 Å². The molecule has 1 fully saturated rings. The van der Waals surface area contributed by atoms with Crippen molar-refractivity contribution in [3.63, 3.8) is 0 Å². The molecule has 8 heteroatoms. The second-order valence-electron chi connectivity index (χ2n) is 7.41. The molecule has 1 atom stereocenters. The van der Waals surface area contributed by atoms with E-state index in [-0.39, 0.29) is 18.0 Å². The third kappa shape index (κ3) is 3.11. The molecule has 3 aromatic heterocycles. The molecule has 8 nitrogen and oxygen atoms in total. The van der Waals surface area contributed by atoms with Crippen molar-refractivity contribution in [3.05, 3.63) is 28.4 Å². The summed E-state index contributed by atoms with van der Waals surface area (Å²) in [6.07, 6.45) is 3.89. The summed E-state index contributed by atoms with van der Waals surface area (Å²) in [5.41, 5.74) is 1.83. The Morgan fingerprint density at radius 3 is 2.93 bits per heavy atom. The number of likely N-dealkylation sites (tertiary alicyclic amines) is 1. The molecule has 0 aliphatic carbocycles. The van der Waals surface area contributed by atoms with Gasteiger partial charge in [0.2, 0.25) is 5.91 Å². The fourth-order valence-corrected chi connectivity index (χ4v) is 4.33. The normalized spacial score (nSPS) is 17.8. The highest BCUT2D eigenvalue weighted by Gasteiger charge is 2.24. The summed E-state index contributed by atoms with van der Waals surface area (Å²) < 4.78 is 8.93. The van der Waals surface area contributed by atoms with Gasteiger partial charge in [-0.2, -0.15) is 5.10 Å². The minimum Gasteiger partial charge on any atom is -0.459 e. The van der Waals surface area contributed by atoms with Crippen LogP contribution in [0.25, 0.3) is 22.0 Å². The van der Waals surface area contributed by atoms with Crippen LogP contribution in [-0.2, 0) is 17.9 Å². The minimum atomic E-state index is -0.269. The molecule has 1 amide bonds. The molecule has 0 radical (unpaired) electrons. The first-order valence-electron chi connectivity index (χ1n) is 10.0. The van der Waals surface area contributed by atoms with E-state index in [1.54, 1.807) is 6.20 Å². The number of amides is 1. The van der Waals surface area contributed by atoms with E-state index in [1.807, 2.05) is 24.5 Å². The Labute approximate surface area is 163 Å². The van der Waals surface area contributed by atoms with Crippen LogP contribution in [0.3, 0.4) is 0 Å². The molecule has 1 aliphatic rings. The number of nitrogens with one attached hydrogen (secondary N) is 1. The van der Waals surface area contributed by atoms with Gasteiger partial charge in [-0.3, -0.25) is 14.5 Å². The first-order valence-corrected chi connectivity index (χ1v) is 10.0. The molecule has 4 rings (SSSR count).